The molecule has 140 valence electrons. The third-order valence-corrected chi connectivity index (χ3v) is 5.35. The van der Waals surface area contributed by atoms with Gasteiger partial charge in [-0.1, -0.05) is 6.07 Å². The summed E-state index contributed by atoms with van der Waals surface area (Å²) < 4.78 is 53.9. The number of sulfonamides is 1. The monoisotopic (exact) mass is 389 g/mol. The van der Waals surface area contributed by atoms with E-state index in [1.54, 1.807) is 12.1 Å². The second-order valence-corrected chi connectivity index (χ2v) is 7.72. The van der Waals surface area contributed by atoms with Crippen molar-refractivity contribution in [1.82, 2.24) is 4.98 Å². The SMILES string of the molecule is Cc1ccc(S(=O)(=O)Nc2ccc(Nc3ccc(F)cc3F)cn2)cc1C. The van der Waals surface area contributed by atoms with Crippen LogP contribution in [0, 0.1) is 25.5 Å². The maximum Gasteiger partial charge on any atom is 0.263 e. The van der Waals surface area contributed by atoms with Gasteiger partial charge in [0.2, 0.25) is 0 Å². The lowest BCUT2D eigenvalue weighted by atomic mass is 10.1. The van der Waals surface area contributed by atoms with Crippen molar-refractivity contribution in [2.45, 2.75) is 18.7 Å². The molecule has 2 N–H and O–H groups in total. The molecular weight excluding hydrogens is 372 g/mol. The van der Waals surface area contributed by atoms with Crippen LogP contribution in [-0.2, 0) is 10.0 Å². The Kier molecular flexibility index (Phi) is 5.09. The quantitative estimate of drug-likeness (QED) is 0.673. The topological polar surface area (TPSA) is 71.1 Å². The summed E-state index contributed by atoms with van der Waals surface area (Å²) in [6, 6.07) is 11.0. The first-order valence-electron chi connectivity index (χ1n) is 8.03. The van der Waals surface area contributed by atoms with Crippen molar-refractivity contribution in [1.29, 1.82) is 0 Å². The lowest BCUT2D eigenvalue weighted by Gasteiger charge is -2.11. The Morgan fingerprint density at radius 3 is 2.33 bits per heavy atom. The fraction of sp³-hybridized carbons (Fsp3) is 0.105. The summed E-state index contributed by atoms with van der Waals surface area (Å²) in [6.45, 7) is 3.73. The minimum Gasteiger partial charge on any atom is -0.352 e. The number of halogens is 2. The molecule has 0 aliphatic heterocycles. The largest absolute Gasteiger partial charge is 0.352 e. The van der Waals surface area contributed by atoms with E-state index >= 15 is 0 Å². The third kappa shape index (κ3) is 4.40. The van der Waals surface area contributed by atoms with E-state index in [9.17, 15) is 17.2 Å². The van der Waals surface area contributed by atoms with E-state index in [0.717, 1.165) is 23.3 Å². The fourth-order valence-electron chi connectivity index (χ4n) is 2.35. The molecule has 0 unspecified atom stereocenters. The Bertz CT molecular complexity index is 1080. The van der Waals surface area contributed by atoms with E-state index < -0.39 is 21.7 Å². The molecule has 3 rings (SSSR count). The normalized spacial score (nSPS) is 11.3. The maximum atomic E-state index is 13.7. The van der Waals surface area contributed by atoms with Gasteiger partial charge in [0.15, 0.2) is 0 Å². The van der Waals surface area contributed by atoms with E-state index in [2.05, 4.69) is 15.0 Å². The minimum absolute atomic E-state index is 0.0849. The van der Waals surface area contributed by atoms with E-state index in [4.69, 9.17) is 0 Å². The number of aromatic nitrogens is 1. The number of hydrogen-bond donors (Lipinski definition) is 2. The molecule has 0 aliphatic rings. The molecule has 2 aromatic carbocycles. The van der Waals surface area contributed by atoms with Gasteiger partial charge >= 0.3 is 0 Å². The molecule has 0 spiro atoms. The number of pyridine rings is 1. The predicted octanol–water partition coefficient (Wildman–Crippen LogP) is 4.52. The van der Waals surface area contributed by atoms with Crippen molar-refractivity contribution in [2.75, 3.05) is 10.0 Å². The summed E-state index contributed by atoms with van der Waals surface area (Å²) in [6.07, 6.45) is 1.35. The fourth-order valence-corrected chi connectivity index (χ4v) is 3.45. The Labute approximate surface area is 156 Å². The Balaban J connectivity index is 1.76. The number of nitrogens with one attached hydrogen (secondary N) is 2. The average molecular weight is 389 g/mol. The number of aryl methyl sites for hydroxylation is 2. The van der Waals surface area contributed by atoms with Crippen molar-refractivity contribution >= 4 is 27.2 Å². The van der Waals surface area contributed by atoms with Crippen LogP contribution in [-0.4, -0.2) is 13.4 Å². The maximum absolute atomic E-state index is 13.7. The van der Waals surface area contributed by atoms with Crippen LogP contribution >= 0.6 is 0 Å². The zero-order valence-electron chi connectivity index (χ0n) is 14.6. The number of anilines is 3. The highest BCUT2D eigenvalue weighted by molar-refractivity contribution is 7.92. The Hall–Kier alpha value is -3.00. The summed E-state index contributed by atoms with van der Waals surface area (Å²) in [5.41, 5.74) is 2.37. The molecule has 8 heteroatoms. The highest BCUT2D eigenvalue weighted by Crippen LogP contribution is 2.22. The third-order valence-electron chi connectivity index (χ3n) is 4.00. The lowest BCUT2D eigenvalue weighted by Crippen LogP contribution is -2.14. The van der Waals surface area contributed by atoms with Gasteiger partial charge < -0.3 is 5.32 Å². The van der Waals surface area contributed by atoms with Crippen LogP contribution in [0.4, 0.5) is 26.0 Å². The number of benzene rings is 2. The molecule has 0 fully saturated rings. The van der Waals surface area contributed by atoms with Gasteiger partial charge in [-0.2, -0.15) is 0 Å². The van der Waals surface area contributed by atoms with Gasteiger partial charge in [-0.15, -0.1) is 0 Å². The van der Waals surface area contributed by atoms with Gasteiger partial charge in [-0.25, -0.2) is 22.2 Å². The zero-order chi connectivity index (χ0) is 19.6. The Morgan fingerprint density at radius 2 is 1.70 bits per heavy atom. The van der Waals surface area contributed by atoms with Crippen LogP contribution in [0.15, 0.2) is 59.6 Å². The molecule has 0 amide bonds. The van der Waals surface area contributed by atoms with E-state index in [1.165, 1.54) is 30.5 Å². The van der Waals surface area contributed by atoms with E-state index in [1.807, 2.05) is 13.8 Å². The summed E-state index contributed by atoms with van der Waals surface area (Å²) in [7, 11) is -3.77. The molecule has 27 heavy (non-hydrogen) atoms. The lowest BCUT2D eigenvalue weighted by molar-refractivity contribution is 0.586. The highest BCUT2D eigenvalue weighted by atomic mass is 32.2. The van der Waals surface area contributed by atoms with Crippen molar-refractivity contribution in [3.05, 3.63) is 77.5 Å². The molecule has 0 atom stereocenters. The second-order valence-electron chi connectivity index (χ2n) is 6.03. The number of hydrogen-bond acceptors (Lipinski definition) is 4. The van der Waals surface area contributed by atoms with Crippen LogP contribution in [0.3, 0.4) is 0 Å². The average Bonchev–Trinajstić information content (AvgIpc) is 2.61. The predicted molar refractivity (Wildman–Crippen MR) is 101 cm³/mol. The number of nitrogens with zero attached hydrogens (tertiary/aromatic N) is 1. The van der Waals surface area contributed by atoms with Crippen molar-refractivity contribution in [3.63, 3.8) is 0 Å². The van der Waals surface area contributed by atoms with Gasteiger partial charge in [-0.05, 0) is 61.4 Å². The van der Waals surface area contributed by atoms with Gasteiger partial charge in [0.25, 0.3) is 10.0 Å². The van der Waals surface area contributed by atoms with Crippen molar-refractivity contribution in [2.24, 2.45) is 0 Å². The van der Waals surface area contributed by atoms with Gasteiger partial charge in [0, 0.05) is 6.07 Å². The molecule has 0 bridgehead atoms. The van der Waals surface area contributed by atoms with Gasteiger partial charge in [0.05, 0.1) is 22.5 Å². The summed E-state index contributed by atoms with van der Waals surface area (Å²) >= 11 is 0. The van der Waals surface area contributed by atoms with Crippen molar-refractivity contribution < 1.29 is 17.2 Å². The van der Waals surface area contributed by atoms with Crippen LogP contribution < -0.4 is 10.0 Å². The molecule has 0 saturated carbocycles. The summed E-state index contributed by atoms with van der Waals surface area (Å²) in [5, 5.41) is 2.75. The standard InChI is InChI=1S/C19H17F2N3O2S/c1-12-3-6-16(9-13(12)2)27(25,26)24-19-8-5-15(11-22-19)23-18-7-4-14(20)10-17(18)21/h3-11,23H,1-2H3,(H,22,24). The van der Waals surface area contributed by atoms with E-state index in [-0.39, 0.29) is 16.4 Å². The second kappa shape index (κ2) is 7.32. The zero-order valence-corrected chi connectivity index (χ0v) is 15.4. The van der Waals surface area contributed by atoms with Crippen molar-refractivity contribution in [3.8, 4) is 0 Å². The smallest absolute Gasteiger partial charge is 0.263 e. The van der Waals surface area contributed by atoms with Gasteiger partial charge in [-0.3, -0.25) is 4.72 Å². The van der Waals surface area contributed by atoms with Crippen LogP contribution in [0.5, 0.6) is 0 Å². The summed E-state index contributed by atoms with van der Waals surface area (Å²) in [4.78, 5) is 4.17. The molecule has 0 saturated heterocycles. The van der Waals surface area contributed by atoms with E-state index in [0.29, 0.717) is 5.69 Å². The molecule has 3 aromatic rings. The number of rotatable bonds is 5. The summed E-state index contributed by atoms with van der Waals surface area (Å²) in [5.74, 6) is -1.29. The molecule has 1 heterocycles. The molecular formula is C19H17F2N3O2S. The minimum atomic E-state index is -3.77. The first-order valence-corrected chi connectivity index (χ1v) is 9.51. The molecule has 0 radical (unpaired) electrons. The molecule has 5 nitrogen and oxygen atoms in total. The van der Waals surface area contributed by atoms with Crippen LogP contribution in [0.2, 0.25) is 0 Å². The first kappa shape index (κ1) is 18.8. The molecule has 1 aromatic heterocycles. The van der Waals surface area contributed by atoms with Crippen LogP contribution in [0.1, 0.15) is 11.1 Å². The Morgan fingerprint density at radius 1 is 0.926 bits per heavy atom. The highest BCUT2D eigenvalue weighted by Gasteiger charge is 2.15. The van der Waals surface area contributed by atoms with Gasteiger partial charge in [0.1, 0.15) is 17.5 Å². The molecule has 0 aliphatic carbocycles. The van der Waals surface area contributed by atoms with Crippen LogP contribution in [0.25, 0.3) is 0 Å². The first-order chi connectivity index (χ1) is 12.7.